The third kappa shape index (κ3) is 10.5. The standard InChI is InChI=1S/C25H39N3O8S/c1-6-8-20(21-15-19(31-5)16-22(29)36-21)26-24(30)25(4)17-37-23(27-25)18(3)28-35-14-13-34-12-11-33-10-9-32-7-2/h15-16,20H,6-14,17H2,1-5H3,(H,26,30)/b28-18+. The number of amides is 1. The predicted octanol–water partition coefficient (Wildman–Crippen LogP) is 2.97. The van der Waals surface area contributed by atoms with Gasteiger partial charge in [-0.1, -0.05) is 18.5 Å². The molecule has 12 heteroatoms. The van der Waals surface area contributed by atoms with E-state index in [1.807, 2.05) is 13.8 Å². The van der Waals surface area contributed by atoms with Gasteiger partial charge in [0.2, 0.25) is 5.91 Å². The molecule has 2 heterocycles. The number of nitrogens with zero attached hydrogens (tertiary/aromatic N) is 2. The summed E-state index contributed by atoms with van der Waals surface area (Å²) in [5.74, 6) is 0.925. The average Bonchev–Trinajstić information content (AvgIpc) is 3.30. The number of carbonyl (C=O) groups is 1. The fraction of sp³-hybridized carbons (Fsp3) is 0.680. The zero-order chi connectivity index (χ0) is 27.1. The largest absolute Gasteiger partial charge is 0.496 e. The SMILES string of the molecule is CCCC(NC(=O)C1(C)CSC(/C(C)=N/OCCOCCOCCOCC)=N1)c1cc(OC)cc(=O)o1. The molecule has 0 aromatic carbocycles. The Bertz CT molecular complexity index is 968. The Balaban J connectivity index is 1.85. The highest BCUT2D eigenvalue weighted by molar-refractivity contribution is 8.16. The van der Waals surface area contributed by atoms with Crippen molar-refractivity contribution in [3.8, 4) is 5.75 Å². The van der Waals surface area contributed by atoms with Crippen LogP contribution in [0.5, 0.6) is 5.75 Å². The summed E-state index contributed by atoms with van der Waals surface area (Å²) in [6, 6.07) is 2.40. The average molecular weight is 542 g/mol. The van der Waals surface area contributed by atoms with E-state index in [9.17, 15) is 9.59 Å². The van der Waals surface area contributed by atoms with E-state index < -0.39 is 17.2 Å². The van der Waals surface area contributed by atoms with E-state index in [4.69, 9.17) is 28.2 Å². The molecule has 0 fully saturated rings. The number of rotatable bonds is 18. The number of carbonyl (C=O) groups excluding carboxylic acids is 1. The van der Waals surface area contributed by atoms with E-state index in [0.717, 1.165) is 6.42 Å². The summed E-state index contributed by atoms with van der Waals surface area (Å²) in [5, 5.41) is 7.74. The van der Waals surface area contributed by atoms with Crippen molar-refractivity contribution in [2.24, 2.45) is 10.1 Å². The molecule has 1 aliphatic rings. The Morgan fingerprint density at radius 2 is 1.84 bits per heavy atom. The number of ether oxygens (including phenoxy) is 4. The third-order valence-corrected chi connectivity index (χ3v) is 6.70. The van der Waals surface area contributed by atoms with Gasteiger partial charge in [-0.05, 0) is 27.2 Å². The van der Waals surface area contributed by atoms with Gasteiger partial charge in [-0.15, -0.1) is 11.8 Å². The molecule has 1 aliphatic heterocycles. The summed E-state index contributed by atoms with van der Waals surface area (Å²) in [5.41, 5.74) is -0.937. The van der Waals surface area contributed by atoms with Crippen LogP contribution >= 0.6 is 11.8 Å². The fourth-order valence-corrected chi connectivity index (χ4v) is 4.44. The van der Waals surface area contributed by atoms with Crippen LogP contribution in [0, 0.1) is 0 Å². The number of aliphatic imine (C=N–C) groups is 1. The van der Waals surface area contributed by atoms with Gasteiger partial charge in [0.25, 0.3) is 0 Å². The van der Waals surface area contributed by atoms with Crippen LogP contribution in [0.3, 0.4) is 0 Å². The maximum absolute atomic E-state index is 13.2. The molecule has 208 valence electrons. The quantitative estimate of drug-likeness (QED) is 0.169. The van der Waals surface area contributed by atoms with Crippen molar-refractivity contribution >= 4 is 28.4 Å². The molecule has 1 N–H and O–H groups in total. The minimum absolute atomic E-state index is 0.260. The fourth-order valence-electron chi connectivity index (χ4n) is 3.31. The van der Waals surface area contributed by atoms with Crippen LogP contribution < -0.4 is 15.7 Å². The summed E-state index contributed by atoms with van der Waals surface area (Å²) in [4.78, 5) is 35.1. The van der Waals surface area contributed by atoms with Gasteiger partial charge in [-0.25, -0.2) is 4.79 Å². The number of hydrogen-bond acceptors (Lipinski definition) is 11. The van der Waals surface area contributed by atoms with Crippen molar-refractivity contribution in [1.29, 1.82) is 0 Å². The van der Waals surface area contributed by atoms with Crippen LogP contribution in [0.1, 0.15) is 52.3 Å². The zero-order valence-corrected chi connectivity index (χ0v) is 23.2. The van der Waals surface area contributed by atoms with Gasteiger partial charge < -0.3 is 33.5 Å². The summed E-state index contributed by atoms with van der Waals surface area (Å²) in [6.45, 7) is 10.9. The van der Waals surface area contributed by atoms with Crippen LogP contribution in [0.25, 0.3) is 0 Å². The molecule has 0 spiro atoms. The number of oxime groups is 1. The molecule has 0 aliphatic carbocycles. The summed E-state index contributed by atoms with van der Waals surface area (Å²) < 4.78 is 26.5. The van der Waals surface area contributed by atoms with Crippen LogP contribution in [0.2, 0.25) is 0 Å². The Kier molecular flexibility index (Phi) is 13.7. The first-order chi connectivity index (χ1) is 17.8. The molecule has 0 radical (unpaired) electrons. The van der Waals surface area contributed by atoms with Crippen LogP contribution in [-0.2, 0) is 23.8 Å². The molecule has 0 bridgehead atoms. The molecule has 1 aromatic heterocycles. The van der Waals surface area contributed by atoms with Crippen LogP contribution in [0.15, 0.2) is 31.5 Å². The highest BCUT2D eigenvalue weighted by Gasteiger charge is 2.40. The van der Waals surface area contributed by atoms with Crippen LogP contribution in [-0.4, -0.2) is 81.3 Å². The first-order valence-electron chi connectivity index (χ1n) is 12.5. The van der Waals surface area contributed by atoms with Crippen molar-refractivity contribution in [2.75, 3.05) is 59.1 Å². The van der Waals surface area contributed by atoms with Crippen molar-refractivity contribution in [1.82, 2.24) is 5.32 Å². The highest BCUT2D eigenvalue weighted by atomic mass is 32.2. The van der Waals surface area contributed by atoms with E-state index in [1.165, 1.54) is 24.9 Å². The molecule has 2 atom stereocenters. The first-order valence-corrected chi connectivity index (χ1v) is 13.4. The highest BCUT2D eigenvalue weighted by Crippen LogP contribution is 2.30. The molecule has 37 heavy (non-hydrogen) atoms. The van der Waals surface area contributed by atoms with Crippen molar-refractivity contribution in [3.63, 3.8) is 0 Å². The smallest absolute Gasteiger partial charge is 0.339 e. The summed E-state index contributed by atoms with van der Waals surface area (Å²) >= 11 is 1.44. The lowest BCUT2D eigenvalue weighted by molar-refractivity contribution is -0.125. The summed E-state index contributed by atoms with van der Waals surface area (Å²) in [7, 11) is 1.47. The van der Waals surface area contributed by atoms with E-state index >= 15 is 0 Å². The first kappa shape index (κ1) is 30.8. The second kappa shape index (κ2) is 16.4. The molecule has 1 aromatic rings. The van der Waals surface area contributed by atoms with Gasteiger partial charge >= 0.3 is 5.63 Å². The van der Waals surface area contributed by atoms with Gasteiger partial charge in [0, 0.05) is 18.4 Å². The Morgan fingerprint density at radius 1 is 1.16 bits per heavy atom. The van der Waals surface area contributed by atoms with Crippen molar-refractivity contribution < 1.29 is 33.0 Å². The predicted molar refractivity (Wildman–Crippen MR) is 143 cm³/mol. The Morgan fingerprint density at radius 3 is 2.49 bits per heavy atom. The summed E-state index contributed by atoms with van der Waals surface area (Å²) in [6.07, 6.45) is 1.37. The molecular weight excluding hydrogens is 502 g/mol. The maximum atomic E-state index is 13.2. The van der Waals surface area contributed by atoms with Gasteiger partial charge in [0.05, 0.1) is 52.3 Å². The minimum atomic E-state index is -0.993. The second-order valence-electron chi connectivity index (χ2n) is 8.44. The van der Waals surface area contributed by atoms with E-state index in [0.29, 0.717) is 74.1 Å². The number of methoxy groups -OCH3 is 1. The third-order valence-electron chi connectivity index (χ3n) is 5.33. The topological polar surface area (TPSA) is 130 Å². The van der Waals surface area contributed by atoms with Gasteiger partial charge in [0.1, 0.15) is 34.4 Å². The number of hydrogen-bond donors (Lipinski definition) is 1. The molecule has 11 nitrogen and oxygen atoms in total. The zero-order valence-electron chi connectivity index (χ0n) is 22.4. The molecule has 0 saturated carbocycles. The molecule has 1 amide bonds. The normalized spacial score (nSPS) is 18.4. The van der Waals surface area contributed by atoms with E-state index in [-0.39, 0.29) is 12.5 Å². The van der Waals surface area contributed by atoms with E-state index in [1.54, 1.807) is 19.9 Å². The molecule has 0 saturated heterocycles. The lowest BCUT2D eigenvalue weighted by Gasteiger charge is -2.24. The van der Waals surface area contributed by atoms with Gasteiger partial charge in [-0.3, -0.25) is 9.79 Å². The number of nitrogens with one attached hydrogen (secondary N) is 1. The Labute approximate surface area is 222 Å². The van der Waals surface area contributed by atoms with Crippen molar-refractivity contribution in [3.05, 3.63) is 28.3 Å². The second-order valence-corrected chi connectivity index (χ2v) is 9.41. The molecular formula is C25H39N3O8S. The lowest BCUT2D eigenvalue weighted by Crippen LogP contribution is -2.45. The minimum Gasteiger partial charge on any atom is -0.496 e. The monoisotopic (exact) mass is 541 g/mol. The van der Waals surface area contributed by atoms with Gasteiger partial charge in [-0.2, -0.15) is 0 Å². The number of thioether (sulfide) groups is 1. The maximum Gasteiger partial charge on any atom is 0.339 e. The lowest BCUT2D eigenvalue weighted by atomic mass is 10.0. The van der Waals surface area contributed by atoms with Crippen LogP contribution in [0.4, 0.5) is 0 Å². The Hall–Kier alpha value is -2.41. The van der Waals surface area contributed by atoms with Crippen molar-refractivity contribution in [2.45, 2.75) is 52.1 Å². The van der Waals surface area contributed by atoms with E-state index in [2.05, 4.69) is 15.5 Å². The molecule has 2 unspecified atom stereocenters. The molecule has 2 rings (SSSR count). The van der Waals surface area contributed by atoms with Gasteiger partial charge in [0.15, 0.2) is 0 Å².